The summed E-state index contributed by atoms with van der Waals surface area (Å²) in [5.74, 6) is 0. The van der Waals surface area contributed by atoms with Crippen LogP contribution in [0, 0.1) is 0 Å². The average Bonchev–Trinajstić information content (AvgIpc) is 2.49. The highest BCUT2D eigenvalue weighted by atomic mass is 16.5. The van der Waals surface area contributed by atoms with E-state index in [9.17, 15) is 0 Å². The highest BCUT2D eigenvalue weighted by Crippen LogP contribution is 2.33. The first-order chi connectivity index (χ1) is 9.69. The second-order valence-electron chi connectivity index (χ2n) is 4.59. The van der Waals surface area contributed by atoms with E-state index >= 15 is 0 Å². The molecule has 0 aliphatic carbocycles. The van der Waals surface area contributed by atoms with Gasteiger partial charge in [0.2, 0.25) is 0 Å². The number of benzene rings is 1. The number of likely N-dealkylation sites (N-methyl/N-ethyl adjacent to an activating group) is 1. The molecule has 0 aliphatic heterocycles. The van der Waals surface area contributed by atoms with Crippen molar-refractivity contribution in [3.8, 4) is 0 Å². The standard InChI is InChI=1S/C17H24N2O/c1-5-6-12-16(19-4)17(2,20-14-13-18-3)15-10-8-7-9-11-15/h5-12,18H,4,13-14H2,1-3H3/b6-5-,16-12-. The van der Waals surface area contributed by atoms with Crippen molar-refractivity contribution in [2.45, 2.75) is 19.4 Å². The van der Waals surface area contributed by atoms with Crippen molar-refractivity contribution in [1.82, 2.24) is 5.32 Å². The Morgan fingerprint density at radius 1 is 1.40 bits per heavy atom. The summed E-state index contributed by atoms with van der Waals surface area (Å²) in [5, 5.41) is 3.09. The number of hydrogen-bond acceptors (Lipinski definition) is 3. The third-order valence-electron chi connectivity index (χ3n) is 3.17. The van der Waals surface area contributed by atoms with Crippen LogP contribution in [0.15, 0.2) is 59.2 Å². The summed E-state index contributed by atoms with van der Waals surface area (Å²) in [6.45, 7) is 9.08. The zero-order valence-corrected chi connectivity index (χ0v) is 12.6. The monoisotopic (exact) mass is 272 g/mol. The van der Waals surface area contributed by atoms with Crippen LogP contribution in [0.2, 0.25) is 0 Å². The summed E-state index contributed by atoms with van der Waals surface area (Å²) in [6, 6.07) is 10.1. The third-order valence-corrected chi connectivity index (χ3v) is 3.17. The number of nitrogens with one attached hydrogen (secondary N) is 1. The van der Waals surface area contributed by atoms with Gasteiger partial charge in [-0.2, -0.15) is 0 Å². The maximum Gasteiger partial charge on any atom is 0.132 e. The van der Waals surface area contributed by atoms with Gasteiger partial charge in [-0.05, 0) is 39.3 Å². The van der Waals surface area contributed by atoms with E-state index in [2.05, 4.69) is 17.0 Å². The van der Waals surface area contributed by atoms with E-state index in [-0.39, 0.29) is 0 Å². The van der Waals surface area contributed by atoms with E-state index in [1.54, 1.807) is 0 Å². The molecule has 3 heteroatoms. The molecule has 0 fully saturated rings. The Kier molecular flexibility index (Phi) is 6.91. The van der Waals surface area contributed by atoms with Crippen LogP contribution in [0.1, 0.15) is 19.4 Å². The quantitative estimate of drug-likeness (QED) is 0.447. The molecular formula is C17H24N2O. The van der Waals surface area contributed by atoms with E-state index in [1.807, 2.05) is 69.5 Å². The van der Waals surface area contributed by atoms with Crippen LogP contribution in [-0.2, 0) is 10.3 Å². The van der Waals surface area contributed by atoms with Crippen molar-refractivity contribution in [1.29, 1.82) is 0 Å². The lowest BCUT2D eigenvalue weighted by Crippen LogP contribution is -2.31. The SMILES string of the molecule is C=N/C(=C\C=C/C)C(C)(OCCNC)c1ccccc1. The third kappa shape index (κ3) is 4.15. The van der Waals surface area contributed by atoms with Crippen molar-refractivity contribution >= 4 is 6.72 Å². The van der Waals surface area contributed by atoms with Crippen LogP contribution in [-0.4, -0.2) is 26.9 Å². The summed E-state index contributed by atoms with van der Waals surface area (Å²) < 4.78 is 6.11. The first-order valence-corrected chi connectivity index (χ1v) is 6.83. The molecule has 0 aromatic heterocycles. The van der Waals surface area contributed by atoms with E-state index in [0.717, 1.165) is 17.8 Å². The van der Waals surface area contributed by atoms with Gasteiger partial charge >= 0.3 is 0 Å². The van der Waals surface area contributed by atoms with Gasteiger partial charge < -0.3 is 10.1 Å². The van der Waals surface area contributed by atoms with Crippen molar-refractivity contribution < 1.29 is 4.74 Å². The number of aliphatic imine (C=N–C) groups is 1. The molecule has 1 N–H and O–H groups in total. The Morgan fingerprint density at radius 3 is 2.65 bits per heavy atom. The maximum absolute atomic E-state index is 6.11. The lowest BCUT2D eigenvalue weighted by atomic mass is 9.91. The molecule has 3 nitrogen and oxygen atoms in total. The minimum Gasteiger partial charge on any atom is -0.363 e. The zero-order chi connectivity index (χ0) is 14.8. The Labute approximate surface area is 122 Å². The number of nitrogens with zero attached hydrogens (tertiary/aromatic N) is 1. The molecule has 1 unspecified atom stereocenters. The average molecular weight is 272 g/mol. The van der Waals surface area contributed by atoms with Gasteiger partial charge in [0, 0.05) is 6.54 Å². The van der Waals surface area contributed by atoms with E-state index in [4.69, 9.17) is 4.74 Å². The molecule has 0 radical (unpaired) electrons. The van der Waals surface area contributed by atoms with Gasteiger partial charge in [0.1, 0.15) is 5.60 Å². The molecule has 20 heavy (non-hydrogen) atoms. The van der Waals surface area contributed by atoms with Crippen molar-refractivity contribution in [3.05, 3.63) is 59.8 Å². The van der Waals surface area contributed by atoms with Gasteiger partial charge in [-0.15, -0.1) is 0 Å². The minimum atomic E-state index is -0.598. The molecule has 0 spiro atoms. The fraction of sp³-hybridized carbons (Fsp3) is 0.353. The predicted molar refractivity (Wildman–Crippen MR) is 86.1 cm³/mol. The Bertz CT molecular complexity index is 465. The second-order valence-corrected chi connectivity index (χ2v) is 4.59. The number of rotatable bonds is 8. The maximum atomic E-state index is 6.11. The fourth-order valence-corrected chi connectivity index (χ4v) is 1.97. The summed E-state index contributed by atoms with van der Waals surface area (Å²) in [6.07, 6.45) is 5.86. The Balaban J connectivity index is 3.15. The van der Waals surface area contributed by atoms with Crippen molar-refractivity contribution in [3.63, 3.8) is 0 Å². The van der Waals surface area contributed by atoms with Crippen LogP contribution >= 0.6 is 0 Å². The van der Waals surface area contributed by atoms with Crippen LogP contribution < -0.4 is 5.32 Å². The Hall–Kier alpha value is -1.71. The molecule has 0 amide bonds. The summed E-state index contributed by atoms with van der Waals surface area (Å²) in [5.41, 5.74) is 1.27. The molecule has 1 rings (SSSR count). The van der Waals surface area contributed by atoms with Crippen molar-refractivity contribution in [2.75, 3.05) is 20.2 Å². The highest BCUT2D eigenvalue weighted by Gasteiger charge is 2.31. The van der Waals surface area contributed by atoms with Crippen LogP contribution in [0.3, 0.4) is 0 Å². The lowest BCUT2D eigenvalue weighted by molar-refractivity contribution is -0.00549. The molecule has 0 saturated heterocycles. The van der Waals surface area contributed by atoms with E-state index in [1.165, 1.54) is 0 Å². The summed E-state index contributed by atoms with van der Waals surface area (Å²) in [7, 11) is 1.91. The normalized spacial score (nSPS) is 15.2. The van der Waals surface area contributed by atoms with Crippen LogP contribution in [0.4, 0.5) is 0 Å². The van der Waals surface area contributed by atoms with Crippen LogP contribution in [0.25, 0.3) is 0 Å². The van der Waals surface area contributed by atoms with E-state index in [0.29, 0.717) is 6.61 Å². The molecule has 0 aliphatic rings. The second kappa shape index (κ2) is 8.46. The van der Waals surface area contributed by atoms with Gasteiger partial charge in [-0.25, -0.2) is 0 Å². The van der Waals surface area contributed by atoms with Gasteiger partial charge in [-0.1, -0.05) is 42.5 Å². The molecule has 108 valence electrons. The van der Waals surface area contributed by atoms with Gasteiger partial charge in [-0.3, -0.25) is 4.99 Å². The molecule has 0 saturated carbocycles. The Morgan fingerprint density at radius 2 is 2.10 bits per heavy atom. The summed E-state index contributed by atoms with van der Waals surface area (Å²) in [4.78, 5) is 4.17. The highest BCUT2D eigenvalue weighted by molar-refractivity contribution is 5.39. The molecule has 1 aromatic rings. The summed E-state index contributed by atoms with van der Waals surface area (Å²) >= 11 is 0. The first-order valence-electron chi connectivity index (χ1n) is 6.83. The number of hydrogen-bond donors (Lipinski definition) is 1. The van der Waals surface area contributed by atoms with E-state index < -0.39 is 5.60 Å². The van der Waals surface area contributed by atoms with Gasteiger partial charge in [0.05, 0.1) is 12.3 Å². The molecular weight excluding hydrogens is 248 g/mol. The predicted octanol–water partition coefficient (Wildman–Crippen LogP) is 3.30. The first kappa shape index (κ1) is 16.3. The minimum absolute atomic E-state index is 0.598. The topological polar surface area (TPSA) is 33.6 Å². The van der Waals surface area contributed by atoms with Gasteiger partial charge in [0.15, 0.2) is 0 Å². The fourth-order valence-electron chi connectivity index (χ4n) is 1.97. The zero-order valence-electron chi connectivity index (χ0n) is 12.6. The van der Waals surface area contributed by atoms with Crippen LogP contribution in [0.5, 0.6) is 0 Å². The van der Waals surface area contributed by atoms with Crippen molar-refractivity contribution in [2.24, 2.45) is 4.99 Å². The largest absolute Gasteiger partial charge is 0.363 e. The lowest BCUT2D eigenvalue weighted by Gasteiger charge is -2.31. The molecule has 0 heterocycles. The van der Waals surface area contributed by atoms with Gasteiger partial charge in [0.25, 0.3) is 0 Å². The molecule has 1 atom stereocenters. The number of allylic oxidation sites excluding steroid dienone is 3. The molecule has 0 bridgehead atoms. The smallest absolute Gasteiger partial charge is 0.132 e. The molecule has 1 aromatic carbocycles. The number of ether oxygens (including phenoxy) is 1.